The molecule has 6 heteroatoms. The third-order valence-electron chi connectivity index (χ3n) is 3.40. The van der Waals surface area contributed by atoms with Gasteiger partial charge in [0.1, 0.15) is 11.6 Å². The van der Waals surface area contributed by atoms with Crippen LogP contribution in [0.25, 0.3) is 0 Å². The van der Waals surface area contributed by atoms with Gasteiger partial charge < -0.3 is 15.4 Å². The summed E-state index contributed by atoms with van der Waals surface area (Å²) in [4.78, 5) is 12.0. The molecule has 1 aliphatic rings. The Labute approximate surface area is 124 Å². The standard InChI is InChI=1S/C14H19FN2O2.ClH/c1-9(17-14(18)11-6-4-8-16-11)13-10(15)5-3-7-12(13)19-2;/h3,5,7,9,11,16H,4,6,8H2,1-2H3,(H,17,18);1H. The fourth-order valence-electron chi connectivity index (χ4n) is 2.41. The van der Waals surface area contributed by atoms with Crippen molar-refractivity contribution in [2.24, 2.45) is 0 Å². The van der Waals surface area contributed by atoms with Crippen molar-refractivity contribution in [2.75, 3.05) is 13.7 Å². The van der Waals surface area contributed by atoms with Crippen LogP contribution < -0.4 is 15.4 Å². The number of hydrogen-bond acceptors (Lipinski definition) is 3. The zero-order valence-corrected chi connectivity index (χ0v) is 12.4. The molecule has 0 spiro atoms. The molecular formula is C14H20ClFN2O2. The van der Waals surface area contributed by atoms with E-state index in [-0.39, 0.29) is 30.2 Å². The lowest BCUT2D eigenvalue weighted by atomic mass is 10.1. The van der Waals surface area contributed by atoms with Gasteiger partial charge in [0.2, 0.25) is 5.91 Å². The van der Waals surface area contributed by atoms with E-state index in [4.69, 9.17) is 4.74 Å². The van der Waals surface area contributed by atoms with Crippen LogP contribution in [0.1, 0.15) is 31.4 Å². The fraction of sp³-hybridized carbons (Fsp3) is 0.500. The first-order valence-electron chi connectivity index (χ1n) is 6.49. The van der Waals surface area contributed by atoms with E-state index in [2.05, 4.69) is 10.6 Å². The number of nitrogens with one attached hydrogen (secondary N) is 2. The Morgan fingerprint density at radius 3 is 2.90 bits per heavy atom. The number of methoxy groups -OCH3 is 1. The van der Waals surface area contributed by atoms with Crippen LogP contribution in [0.5, 0.6) is 5.75 Å². The van der Waals surface area contributed by atoms with Gasteiger partial charge in [-0.3, -0.25) is 4.79 Å². The van der Waals surface area contributed by atoms with Crippen LogP contribution in [0.15, 0.2) is 18.2 Å². The average Bonchev–Trinajstić information content (AvgIpc) is 2.92. The minimum Gasteiger partial charge on any atom is -0.496 e. The lowest BCUT2D eigenvalue weighted by Crippen LogP contribution is -2.41. The molecule has 1 amide bonds. The molecule has 0 saturated carbocycles. The highest BCUT2D eigenvalue weighted by atomic mass is 35.5. The van der Waals surface area contributed by atoms with E-state index in [0.29, 0.717) is 11.3 Å². The largest absolute Gasteiger partial charge is 0.496 e. The highest BCUT2D eigenvalue weighted by Crippen LogP contribution is 2.27. The molecule has 2 rings (SSSR count). The summed E-state index contributed by atoms with van der Waals surface area (Å²) in [6.07, 6.45) is 1.82. The Bertz CT molecular complexity index is 464. The van der Waals surface area contributed by atoms with Crippen molar-refractivity contribution in [3.63, 3.8) is 0 Å². The maximum absolute atomic E-state index is 13.9. The first-order chi connectivity index (χ1) is 9.13. The second-order valence-corrected chi connectivity index (χ2v) is 4.73. The van der Waals surface area contributed by atoms with Gasteiger partial charge in [-0.2, -0.15) is 0 Å². The SMILES string of the molecule is COc1cccc(F)c1C(C)NC(=O)C1CCCN1.Cl. The molecule has 0 aromatic heterocycles. The van der Waals surface area contributed by atoms with Crippen LogP contribution in [0, 0.1) is 5.82 Å². The van der Waals surface area contributed by atoms with E-state index in [1.807, 2.05) is 0 Å². The van der Waals surface area contributed by atoms with E-state index in [0.717, 1.165) is 19.4 Å². The second-order valence-electron chi connectivity index (χ2n) is 4.73. The fourth-order valence-corrected chi connectivity index (χ4v) is 2.41. The quantitative estimate of drug-likeness (QED) is 0.896. The topological polar surface area (TPSA) is 50.4 Å². The molecule has 20 heavy (non-hydrogen) atoms. The molecule has 1 saturated heterocycles. The first-order valence-corrected chi connectivity index (χ1v) is 6.49. The highest BCUT2D eigenvalue weighted by Gasteiger charge is 2.25. The molecule has 1 aromatic rings. The molecule has 112 valence electrons. The molecule has 2 N–H and O–H groups in total. The number of ether oxygens (including phenoxy) is 1. The predicted molar refractivity (Wildman–Crippen MR) is 77.8 cm³/mol. The van der Waals surface area contributed by atoms with Crippen molar-refractivity contribution in [3.8, 4) is 5.75 Å². The van der Waals surface area contributed by atoms with Crippen LogP contribution in [0.2, 0.25) is 0 Å². The summed E-state index contributed by atoms with van der Waals surface area (Å²) < 4.78 is 19.0. The Balaban J connectivity index is 0.00000200. The maximum atomic E-state index is 13.9. The summed E-state index contributed by atoms with van der Waals surface area (Å²) in [6.45, 7) is 2.61. The van der Waals surface area contributed by atoms with Gasteiger partial charge in [-0.1, -0.05) is 6.07 Å². The van der Waals surface area contributed by atoms with Crippen LogP contribution in [0.4, 0.5) is 4.39 Å². The van der Waals surface area contributed by atoms with Gasteiger partial charge in [-0.25, -0.2) is 4.39 Å². The minimum absolute atomic E-state index is 0. The van der Waals surface area contributed by atoms with E-state index in [9.17, 15) is 9.18 Å². The lowest BCUT2D eigenvalue weighted by Gasteiger charge is -2.20. The van der Waals surface area contributed by atoms with E-state index >= 15 is 0 Å². The second kappa shape index (κ2) is 7.45. The zero-order valence-electron chi connectivity index (χ0n) is 11.6. The summed E-state index contributed by atoms with van der Waals surface area (Å²) in [5, 5.41) is 5.95. The first kappa shape index (κ1) is 16.7. The van der Waals surface area contributed by atoms with Crippen LogP contribution in [-0.2, 0) is 4.79 Å². The monoisotopic (exact) mass is 302 g/mol. The van der Waals surface area contributed by atoms with Crippen LogP contribution >= 0.6 is 12.4 Å². The lowest BCUT2D eigenvalue weighted by molar-refractivity contribution is -0.123. The van der Waals surface area contributed by atoms with Gasteiger partial charge in [0.15, 0.2) is 0 Å². The smallest absolute Gasteiger partial charge is 0.237 e. The minimum atomic E-state index is -0.425. The molecule has 0 bridgehead atoms. The van der Waals surface area contributed by atoms with Crippen molar-refractivity contribution in [3.05, 3.63) is 29.6 Å². The molecule has 2 unspecified atom stereocenters. The Hall–Kier alpha value is -1.33. The number of amides is 1. The third kappa shape index (κ3) is 3.61. The number of carbonyl (C=O) groups excluding carboxylic acids is 1. The van der Waals surface area contributed by atoms with Crippen LogP contribution in [0.3, 0.4) is 0 Å². The molecule has 1 aliphatic heterocycles. The Morgan fingerprint density at radius 2 is 2.30 bits per heavy atom. The highest BCUT2D eigenvalue weighted by molar-refractivity contribution is 5.85. The van der Waals surface area contributed by atoms with Crippen molar-refractivity contribution >= 4 is 18.3 Å². The van der Waals surface area contributed by atoms with Gasteiger partial charge >= 0.3 is 0 Å². The molecule has 1 heterocycles. The van der Waals surface area contributed by atoms with Crippen molar-refractivity contribution in [1.82, 2.24) is 10.6 Å². The normalized spacial score (nSPS) is 19.1. The number of rotatable bonds is 4. The number of carbonyl (C=O) groups is 1. The molecule has 1 aromatic carbocycles. The summed E-state index contributed by atoms with van der Waals surface area (Å²) >= 11 is 0. The van der Waals surface area contributed by atoms with Gasteiger partial charge in [-0.05, 0) is 38.4 Å². The van der Waals surface area contributed by atoms with Crippen molar-refractivity contribution in [2.45, 2.75) is 31.8 Å². The van der Waals surface area contributed by atoms with Gasteiger partial charge in [-0.15, -0.1) is 12.4 Å². The molecule has 0 radical (unpaired) electrons. The number of benzene rings is 1. The zero-order chi connectivity index (χ0) is 13.8. The maximum Gasteiger partial charge on any atom is 0.237 e. The van der Waals surface area contributed by atoms with E-state index in [1.54, 1.807) is 19.1 Å². The third-order valence-corrected chi connectivity index (χ3v) is 3.40. The summed E-state index contributed by atoms with van der Waals surface area (Å²) in [5.41, 5.74) is 0.386. The van der Waals surface area contributed by atoms with E-state index in [1.165, 1.54) is 13.2 Å². The number of halogens is 2. The Kier molecular flexibility index (Phi) is 6.23. The molecule has 0 aliphatic carbocycles. The van der Waals surface area contributed by atoms with E-state index < -0.39 is 6.04 Å². The molecular weight excluding hydrogens is 283 g/mol. The van der Waals surface area contributed by atoms with Gasteiger partial charge in [0.05, 0.1) is 24.8 Å². The number of hydrogen-bond donors (Lipinski definition) is 2. The molecule has 4 nitrogen and oxygen atoms in total. The summed E-state index contributed by atoms with van der Waals surface area (Å²) in [7, 11) is 1.49. The van der Waals surface area contributed by atoms with Crippen molar-refractivity contribution in [1.29, 1.82) is 0 Å². The van der Waals surface area contributed by atoms with Gasteiger partial charge in [0.25, 0.3) is 0 Å². The molecule has 2 atom stereocenters. The van der Waals surface area contributed by atoms with Crippen molar-refractivity contribution < 1.29 is 13.9 Å². The Morgan fingerprint density at radius 1 is 1.55 bits per heavy atom. The van der Waals surface area contributed by atoms with Gasteiger partial charge in [0, 0.05) is 0 Å². The summed E-state index contributed by atoms with van der Waals surface area (Å²) in [6, 6.07) is 4.06. The van der Waals surface area contributed by atoms with Crippen LogP contribution in [-0.4, -0.2) is 25.6 Å². The summed E-state index contributed by atoms with van der Waals surface area (Å²) in [5.74, 6) is -0.00554. The molecule has 1 fully saturated rings. The average molecular weight is 303 g/mol. The predicted octanol–water partition coefficient (Wildman–Crippen LogP) is 2.19.